The molecule has 0 aliphatic carbocycles. The predicted octanol–water partition coefficient (Wildman–Crippen LogP) is 16.1. The minimum Gasteiger partial charge on any atom is -0.457 e. The van der Waals surface area contributed by atoms with Crippen LogP contribution in [-0.4, -0.2) is 121 Å². The quantitative estimate of drug-likeness (QED) is 0.0443. The van der Waals surface area contributed by atoms with Crippen LogP contribution in [0, 0.1) is 0 Å². The molecule has 13 aromatic rings. The molecule has 16 rings (SSSR count). The normalized spacial score (nSPS) is 15.2. The first-order chi connectivity index (χ1) is 53.3. The van der Waals surface area contributed by atoms with Crippen LogP contribution in [-0.2, 0) is 20.9 Å². The molecule has 9 heterocycles. The lowest BCUT2D eigenvalue weighted by atomic mass is 9.97. The standard InChI is InChI=1S/C31H29N5O3.C26H25N5O2.C23H23N5O.C3H3ClO.C2H6O/c32-29-28-27(23-13-15-26(16-14-23)39-25-11-5-2-6-12-25)34-30(36(28)19-17-33-29)24-10-7-18-35(20-24)31(37)38-21-22-8-3-1-4-9-22;1-2-22(32)30-15-6-7-19(17-30)26-29-23(24-25(27)28-14-16-31(24)26)18-10-12-21(13-11-18)33-20-8-4-3-5-9-20;24-22-21-20(16-8-10-19(11-9-16)29-18-6-2-1-3-7-18)27-23(28(21)14-13-26-22)17-5-4-12-25-15-17;1-2-3(4)5;1-2-3/h1-6,8-9,11-17,19,24H,7,10,18,20-21H2,(H2,32,33);2-5,8-14,16,19H,1,6-7,15,17H2,(H2,27,28);1-3,6-11,13-14,17,25H,4-5,12,15H2,(H2,24,26);2H,1H2;3H,2H2,1H3/t24-;19-;17-;;/m111../s1. The number of benzene rings is 7. The molecule has 8 N–H and O–H groups in total. The molecule has 3 saturated heterocycles. The van der Waals surface area contributed by atoms with E-state index in [1.165, 1.54) is 6.08 Å². The summed E-state index contributed by atoms with van der Waals surface area (Å²) in [5.74, 6) is 9.21. The van der Waals surface area contributed by atoms with Crippen LogP contribution < -0.4 is 36.7 Å². The molecule has 24 heteroatoms. The van der Waals surface area contributed by atoms with Gasteiger partial charge in [0, 0.05) is 111 Å². The number of carbonyl (C=O) groups excluding carboxylic acids is 3. The van der Waals surface area contributed by atoms with Crippen LogP contribution in [0.2, 0.25) is 0 Å². The molecule has 7 aromatic carbocycles. The number of fused-ring (bicyclic) bond motifs is 3. The van der Waals surface area contributed by atoms with E-state index in [1.807, 2.05) is 226 Å². The molecule has 556 valence electrons. The van der Waals surface area contributed by atoms with E-state index in [0.717, 1.165) is 172 Å². The number of allylic oxidation sites excluding steroid dienone is 1. The summed E-state index contributed by atoms with van der Waals surface area (Å²) in [5.41, 5.74) is 27.5. The van der Waals surface area contributed by atoms with E-state index in [1.54, 1.807) is 30.4 Å². The summed E-state index contributed by atoms with van der Waals surface area (Å²) in [6.07, 6.45) is 18.9. The second kappa shape index (κ2) is 37.0. The Labute approximate surface area is 636 Å². The van der Waals surface area contributed by atoms with Gasteiger partial charge in [-0.25, -0.2) is 34.7 Å². The van der Waals surface area contributed by atoms with Crippen molar-refractivity contribution in [3.05, 3.63) is 280 Å². The van der Waals surface area contributed by atoms with Crippen molar-refractivity contribution in [3.8, 4) is 68.3 Å². The van der Waals surface area contributed by atoms with Crippen molar-refractivity contribution in [2.45, 2.75) is 69.8 Å². The Balaban J connectivity index is 0.000000146. The highest BCUT2D eigenvalue weighted by atomic mass is 35.5. The van der Waals surface area contributed by atoms with Crippen molar-refractivity contribution in [2.75, 3.05) is 63.1 Å². The lowest BCUT2D eigenvalue weighted by Crippen LogP contribution is -2.39. The number of rotatable bonds is 16. The van der Waals surface area contributed by atoms with Gasteiger partial charge in [-0.15, -0.1) is 0 Å². The van der Waals surface area contributed by atoms with Crippen LogP contribution in [0.3, 0.4) is 0 Å². The van der Waals surface area contributed by atoms with Gasteiger partial charge < -0.3 is 56.4 Å². The number of para-hydroxylation sites is 3. The fraction of sp³-hybridized carbons (Fsp3) is 0.212. The van der Waals surface area contributed by atoms with Gasteiger partial charge in [0.2, 0.25) is 11.1 Å². The zero-order valence-corrected chi connectivity index (χ0v) is 61.2. The maximum Gasteiger partial charge on any atom is 0.410 e. The van der Waals surface area contributed by atoms with Gasteiger partial charge in [-0.1, -0.05) is 98.1 Å². The number of imidazole rings is 3. The molecule has 0 unspecified atom stereocenters. The summed E-state index contributed by atoms with van der Waals surface area (Å²) in [4.78, 5) is 66.2. The number of aromatic nitrogens is 9. The van der Waals surface area contributed by atoms with Crippen molar-refractivity contribution < 1.29 is 38.4 Å². The highest BCUT2D eigenvalue weighted by Crippen LogP contribution is 2.39. The highest BCUT2D eigenvalue weighted by molar-refractivity contribution is 6.66. The number of ether oxygens (including phenoxy) is 4. The van der Waals surface area contributed by atoms with E-state index in [-0.39, 0.29) is 37.0 Å². The van der Waals surface area contributed by atoms with Crippen molar-refractivity contribution in [1.29, 1.82) is 0 Å². The van der Waals surface area contributed by atoms with Crippen molar-refractivity contribution in [3.63, 3.8) is 0 Å². The van der Waals surface area contributed by atoms with Gasteiger partial charge in [0.1, 0.15) is 110 Å². The van der Waals surface area contributed by atoms with Gasteiger partial charge in [-0.3, -0.25) is 22.8 Å². The van der Waals surface area contributed by atoms with E-state index in [4.69, 9.17) is 67.8 Å². The first-order valence-corrected chi connectivity index (χ1v) is 36.5. The zero-order chi connectivity index (χ0) is 76.0. The first kappa shape index (κ1) is 76.0. The fourth-order valence-electron chi connectivity index (χ4n) is 13.4. The van der Waals surface area contributed by atoms with E-state index in [0.29, 0.717) is 43.0 Å². The summed E-state index contributed by atoms with van der Waals surface area (Å²) < 4.78 is 29.5. The number of nitrogens with one attached hydrogen (secondary N) is 1. The third kappa shape index (κ3) is 19.1. The molecule has 3 fully saturated rings. The minimum atomic E-state index is -0.509. The molecular formula is C85H86ClN15O8. The summed E-state index contributed by atoms with van der Waals surface area (Å²) >= 11 is 4.71. The maximum atomic E-state index is 12.9. The lowest BCUT2D eigenvalue weighted by molar-refractivity contribution is -0.127. The second-order valence-electron chi connectivity index (χ2n) is 25.9. The topological polar surface area (TPSA) is 295 Å². The zero-order valence-electron chi connectivity index (χ0n) is 60.5. The first-order valence-electron chi connectivity index (χ1n) is 36.2. The van der Waals surface area contributed by atoms with Gasteiger partial charge >= 0.3 is 6.09 Å². The molecule has 6 aromatic heterocycles. The molecule has 3 aliphatic heterocycles. The molecule has 0 spiro atoms. The molecule has 2 amide bonds. The fourth-order valence-corrected chi connectivity index (χ4v) is 13.4. The number of nitrogens with two attached hydrogens (primary N) is 3. The monoisotopic (exact) mass is 1480 g/mol. The molecular weight excluding hydrogens is 1390 g/mol. The van der Waals surface area contributed by atoms with E-state index >= 15 is 0 Å². The molecule has 0 saturated carbocycles. The van der Waals surface area contributed by atoms with Gasteiger partial charge in [0.05, 0.1) is 0 Å². The molecule has 3 aliphatic rings. The number of carbonyl (C=O) groups is 3. The Kier molecular flexibility index (Phi) is 25.8. The number of aliphatic hydroxyl groups is 1. The number of piperidine rings is 3. The largest absolute Gasteiger partial charge is 0.457 e. The van der Waals surface area contributed by atoms with Crippen molar-refractivity contribution in [2.24, 2.45) is 0 Å². The van der Waals surface area contributed by atoms with Crippen molar-refractivity contribution in [1.82, 2.24) is 58.2 Å². The van der Waals surface area contributed by atoms with Crippen molar-refractivity contribution >= 4 is 62.8 Å². The molecule has 0 bridgehead atoms. The summed E-state index contributed by atoms with van der Waals surface area (Å²) in [7, 11) is 0. The van der Waals surface area contributed by atoms with Gasteiger partial charge in [0.25, 0.3) is 0 Å². The summed E-state index contributed by atoms with van der Waals surface area (Å²) in [6.45, 7) is 13.4. The summed E-state index contributed by atoms with van der Waals surface area (Å²) in [6, 6.07) is 62.4. The number of halogens is 1. The number of hydrogen-bond donors (Lipinski definition) is 5. The smallest absolute Gasteiger partial charge is 0.410 e. The number of aliphatic hydroxyl groups excluding tert-OH is 1. The molecule has 23 nitrogen and oxygen atoms in total. The maximum absolute atomic E-state index is 12.9. The van der Waals surface area contributed by atoms with Gasteiger partial charge in [-0.05, 0) is 191 Å². The highest BCUT2D eigenvalue weighted by Gasteiger charge is 2.32. The van der Waals surface area contributed by atoms with E-state index < -0.39 is 5.24 Å². The number of nitrogens with zero attached hydrogens (tertiary/aromatic N) is 11. The van der Waals surface area contributed by atoms with Crippen LogP contribution in [0.1, 0.15) is 86.2 Å². The van der Waals surface area contributed by atoms with E-state index in [2.05, 4.69) is 37.8 Å². The number of amides is 2. The van der Waals surface area contributed by atoms with Crippen LogP contribution in [0.5, 0.6) is 34.5 Å². The molecule has 0 radical (unpaired) electrons. The van der Waals surface area contributed by atoms with Crippen LogP contribution in [0.15, 0.2) is 257 Å². The second-order valence-corrected chi connectivity index (χ2v) is 26.3. The molecule has 109 heavy (non-hydrogen) atoms. The third-order valence-corrected chi connectivity index (χ3v) is 18.7. The van der Waals surface area contributed by atoms with Gasteiger partial charge in [-0.2, -0.15) is 0 Å². The predicted molar refractivity (Wildman–Crippen MR) is 426 cm³/mol. The van der Waals surface area contributed by atoms with Crippen LogP contribution in [0.25, 0.3) is 50.3 Å². The Morgan fingerprint density at radius 3 is 1.19 bits per heavy atom. The Bertz CT molecular complexity index is 5180. The van der Waals surface area contributed by atoms with E-state index in [9.17, 15) is 14.4 Å². The summed E-state index contributed by atoms with van der Waals surface area (Å²) in [5, 5.41) is 10.5. The SMILES string of the molecule is C=CC(=O)Cl.C=CC(=O)N1CCC[C@@H](c2nc(-c3ccc(Oc4ccccc4)cc3)c3c(N)nccn23)C1.CCO.Nc1nccn2c([C@@H]3CCCN(C(=O)OCc4ccccc4)C3)nc(-c3ccc(Oc4ccccc4)cc3)c12.Nc1nccn2c([C@@H]3CCCNC3)nc(-c3ccc(Oc4ccccc4)cc3)c12. The average Bonchev–Trinajstić information content (AvgIpc) is 1.63. The number of hydrogen-bond acceptors (Lipinski definition) is 18. The van der Waals surface area contributed by atoms with Crippen LogP contribution in [0.4, 0.5) is 22.2 Å². The minimum absolute atomic E-state index is 0.0340. The lowest BCUT2D eigenvalue weighted by Gasteiger charge is -2.31. The molecule has 3 atom stereocenters. The number of nitrogen functional groups attached to an aromatic ring is 3. The van der Waals surface area contributed by atoms with Gasteiger partial charge in [0.15, 0.2) is 0 Å². The average molecular weight is 1480 g/mol. The number of likely N-dealkylation sites (tertiary alicyclic amines) is 2. The number of anilines is 3. The Morgan fingerprint density at radius 1 is 0.495 bits per heavy atom. The third-order valence-electron chi connectivity index (χ3n) is 18.5. The Morgan fingerprint density at radius 2 is 0.835 bits per heavy atom. The Hall–Kier alpha value is -12.7. The van der Waals surface area contributed by atoms with Crippen LogP contribution >= 0.6 is 11.6 Å².